The normalized spacial score (nSPS) is 13.4. The number of esters is 1. The summed E-state index contributed by atoms with van der Waals surface area (Å²) in [7, 11) is 1.32. The number of hydrogen-bond acceptors (Lipinski definition) is 6. The Morgan fingerprint density at radius 1 is 1.20 bits per heavy atom. The average molecular weight is 344 g/mol. The molecule has 1 N–H and O–H groups in total. The van der Waals surface area contributed by atoms with Crippen molar-refractivity contribution in [2.75, 3.05) is 20.5 Å². The van der Waals surface area contributed by atoms with Crippen molar-refractivity contribution in [3.8, 4) is 23.0 Å². The van der Waals surface area contributed by atoms with E-state index >= 15 is 0 Å². The number of fused-ring (bicyclic) bond motifs is 1. The molecule has 0 bridgehead atoms. The number of carbonyl (C=O) groups excluding carboxylic acids is 1. The third-order valence-corrected chi connectivity index (χ3v) is 4.16. The summed E-state index contributed by atoms with van der Waals surface area (Å²) in [4.78, 5) is 11.4. The van der Waals surface area contributed by atoms with Gasteiger partial charge in [0.2, 0.25) is 6.79 Å². The van der Waals surface area contributed by atoms with E-state index in [0.717, 1.165) is 17.5 Å². The molecule has 6 nitrogen and oxygen atoms in total. The molecule has 25 heavy (non-hydrogen) atoms. The van der Waals surface area contributed by atoms with E-state index in [4.69, 9.17) is 14.2 Å². The summed E-state index contributed by atoms with van der Waals surface area (Å²) in [6.45, 7) is 2.03. The predicted octanol–water partition coefficient (Wildman–Crippen LogP) is 3.21. The molecule has 1 heterocycles. The summed E-state index contributed by atoms with van der Waals surface area (Å²) in [5.74, 6) is 1.56. The molecule has 3 rings (SSSR count). The quantitative estimate of drug-likeness (QED) is 0.811. The summed E-state index contributed by atoms with van der Waals surface area (Å²) < 4.78 is 21.2. The zero-order valence-corrected chi connectivity index (χ0v) is 14.2. The van der Waals surface area contributed by atoms with E-state index in [1.54, 1.807) is 18.2 Å². The lowest BCUT2D eigenvalue weighted by atomic mass is 9.88. The molecule has 0 saturated carbocycles. The van der Waals surface area contributed by atoms with Crippen LogP contribution in [0.5, 0.6) is 23.0 Å². The monoisotopic (exact) mass is 344 g/mol. The SMILES string of the molecule is CC[C@@H](c1ccc(O)cc1)c1cc2c(cc1OCC(=O)OC)OCO2. The number of methoxy groups -OCH3 is 1. The van der Waals surface area contributed by atoms with Gasteiger partial charge in [0, 0.05) is 17.5 Å². The summed E-state index contributed by atoms with van der Waals surface area (Å²) in [6.07, 6.45) is 0.805. The van der Waals surface area contributed by atoms with Gasteiger partial charge in [0.25, 0.3) is 0 Å². The van der Waals surface area contributed by atoms with Crippen LogP contribution in [0.3, 0.4) is 0 Å². The van der Waals surface area contributed by atoms with E-state index in [2.05, 4.69) is 11.7 Å². The summed E-state index contributed by atoms with van der Waals surface area (Å²) >= 11 is 0. The molecule has 6 heteroatoms. The number of ether oxygens (including phenoxy) is 4. The Morgan fingerprint density at radius 2 is 1.88 bits per heavy atom. The number of carbonyl (C=O) groups is 1. The minimum atomic E-state index is -0.457. The Morgan fingerprint density at radius 3 is 2.52 bits per heavy atom. The molecule has 132 valence electrons. The molecule has 0 fully saturated rings. The van der Waals surface area contributed by atoms with E-state index in [0.29, 0.717) is 17.2 Å². The van der Waals surface area contributed by atoms with Crippen LogP contribution >= 0.6 is 0 Å². The van der Waals surface area contributed by atoms with Crippen molar-refractivity contribution in [1.82, 2.24) is 0 Å². The molecule has 1 aliphatic rings. The van der Waals surface area contributed by atoms with Crippen LogP contribution < -0.4 is 14.2 Å². The van der Waals surface area contributed by atoms with Crippen molar-refractivity contribution in [1.29, 1.82) is 0 Å². The van der Waals surface area contributed by atoms with Crippen LogP contribution in [0.25, 0.3) is 0 Å². The van der Waals surface area contributed by atoms with Gasteiger partial charge in [0.05, 0.1) is 7.11 Å². The molecule has 0 aromatic heterocycles. The van der Waals surface area contributed by atoms with E-state index in [1.165, 1.54) is 7.11 Å². The van der Waals surface area contributed by atoms with Gasteiger partial charge in [-0.3, -0.25) is 0 Å². The molecule has 0 aliphatic carbocycles. The summed E-state index contributed by atoms with van der Waals surface area (Å²) in [5.41, 5.74) is 1.92. The molecule has 0 radical (unpaired) electrons. The van der Waals surface area contributed by atoms with Crippen molar-refractivity contribution in [2.24, 2.45) is 0 Å². The Kier molecular flexibility index (Phi) is 4.97. The van der Waals surface area contributed by atoms with E-state index in [9.17, 15) is 9.90 Å². The number of hydrogen-bond donors (Lipinski definition) is 1. The van der Waals surface area contributed by atoms with Gasteiger partial charge in [-0.25, -0.2) is 4.79 Å². The Balaban J connectivity index is 1.99. The maximum Gasteiger partial charge on any atom is 0.343 e. The highest BCUT2D eigenvalue weighted by atomic mass is 16.7. The lowest BCUT2D eigenvalue weighted by Crippen LogP contribution is -2.14. The van der Waals surface area contributed by atoms with Crippen molar-refractivity contribution >= 4 is 5.97 Å². The molecule has 1 atom stereocenters. The first-order chi connectivity index (χ1) is 12.1. The fraction of sp³-hybridized carbons (Fsp3) is 0.316. The number of aromatic hydroxyl groups is 1. The third-order valence-electron chi connectivity index (χ3n) is 4.16. The maximum atomic E-state index is 11.4. The number of phenols is 1. The minimum absolute atomic E-state index is 0.0164. The highest BCUT2D eigenvalue weighted by molar-refractivity contribution is 5.71. The van der Waals surface area contributed by atoms with Gasteiger partial charge in [-0.05, 0) is 30.2 Å². The molecular formula is C19H20O6. The van der Waals surface area contributed by atoms with Crippen LogP contribution in [0.1, 0.15) is 30.4 Å². The molecule has 2 aromatic rings. The van der Waals surface area contributed by atoms with E-state index < -0.39 is 5.97 Å². The Labute approximate surface area is 145 Å². The standard InChI is InChI=1S/C19H20O6/c1-3-14(12-4-6-13(20)7-5-12)15-8-17-18(25-11-24-17)9-16(15)23-10-19(21)22-2/h4-9,14,20H,3,10-11H2,1-2H3/t14-/m0/s1. The van der Waals surface area contributed by atoms with Gasteiger partial charge < -0.3 is 24.1 Å². The molecule has 0 amide bonds. The zero-order chi connectivity index (χ0) is 17.8. The summed E-state index contributed by atoms with van der Waals surface area (Å²) in [6, 6.07) is 10.7. The fourth-order valence-corrected chi connectivity index (χ4v) is 2.87. The van der Waals surface area contributed by atoms with Crippen LogP contribution in [0, 0.1) is 0 Å². The van der Waals surface area contributed by atoms with Crippen molar-refractivity contribution in [3.63, 3.8) is 0 Å². The van der Waals surface area contributed by atoms with Gasteiger partial charge in [0.1, 0.15) is 11.5 Å². The highest BCUT2D eigenvalue weighted by Gasteiger charge is 2.24. The second-order valence-electron chi connectivity index (χ2n) is 5.66. The van der Waals surface area contributed by atoms with Crippen molar-refractivity contribution in [3.05, 3.63) is 47.5 Å². The lowest BCUT2D eigenvalue weighted by Gasteiger charge is -2.20. The number of phenolic OH excluding ortho intramolecular Hbond substituents is 1. The largest absolute Gasteiger partial charge is 0.508 e. The smallest absolute Gasteiger partial charge is 0.343 e. The van der Waals surface area contributed by atoms with E-state index in [-0.39, 0.29) is 25.1 Å². The molecule has 0 spiro atoms. The van der Waals surface area contributed by atoms with Gasteiger partial charge in [-0.1, -0.05) is 19.1 Å². The maximum absolute atomic E-state index is 11.4. The highest BCUT2D eigenvalue weighted by Crippen LogP contribution is 2.43. The second kappa shape index (κ2) is 7.34. The molecule has 0 unspecified atom stereocenters. The first-order valence-corrected chi connectivity index (χ1v) is 8.04. The first kappa shape index (κ1) is 17.0. The van der Waals surface area contributed by atoms with Crippen molar-refractivity contribution in [2.45, 2.75) is 19.3 Å². The van der Waals surface area contributed by atoms with Gasteiger partial charge in [-0.2, -0.15) is 0 Å². The Hall–Kier alpha value is -2.89. The topological polar surface area (TPSA) is 74.2 Å². The first-order valence-electron chi connectivity index (χ1n) is 8.04. The number of rotatable bonds is 6. The van der Waals surface area contributed by atoms with Gasteiger partial charge in [0.15, 0.2) is 18.1 Å². The second-order valence-corrected chi connectivity index (χ2v) is 5.66. The van der Waals surface area contributed by atoms with Crippen LogP contribution in [-0.2, 0) is 9.53 Å². The number of benzene rings is 2. The summed E-state index contributed by atoms with van der Waals surface area (Å²) in [5, 5.41) is 9.52. The molecule has 0 saturated heterocycles. The van der Waals surface area contributed by atoms with Crippen molar-refractivity contribution < 1.29 is 28.8 Å². The van der Waals surface area contributed by atoms with Crippen LogP contribution in [-0.4, -0.2) is 31.6 Å². The van der Waals surface area contributed by atoms with E-state index in [1.807, 2.05) is 18.2 Å². The molecular weight excluding hydrogens is 324 g/mol. The zero-order valence-electron chi connectivity index (χ0n) is 14.2. The minimum Gasteiger partial charge on any atom is -0.508 e. The molecule has 1 aliphatic heterocycles. The van der Waals surface area contributed by atoms with Crippen LogP contribution in [0.4, 0.5) is 0 Å². The third kappa shape index (κ3) is 3.63. The van der Waals surface area contributed by atoms with Gasteiger partial charge in [-0.15, -0.1) is 0 Å². The van der Waals surface area contributed by atoms with Crippen LogP contribution in [0.2, 0.25) is 0 Å². The fourth-order valence-electron chi connectivity index (χ4n) is 2.87. The predicted molar refractivity (Wildman–Crippen MR) is 90.3 cm³/mol. The van der Waals surface area contributed by atoms with Gasteiger partial charge >= 0.3 is 5.97 Å². The molecule has 2 aromatic carbocycles. The Bertz CT molecular complexity index is 753. The average Bonchev–Trinajstić information content (AvgIpc) is 3.08. The lowest BCUT2D eigenvalue weighted by molar-refractivity contribution is -0.142. The van der Waals surface area contributed by atoms with Crippen LogP contribution in [0.15, 0.2) is 36.4 Å².